The molecule has 0 bridgehead atoms. The van der Waals surface area contributed by atoms with Crippen molar-refractivity contribution in [1.29, 1.82) is 0 Å². The zero-order valence-electron chi connectivity index (χ0n) is 16.7. The topological polar surface area (TPSA) is 81.7 Å². The van der Waals surface area contributed by atoms with E-state index in [9.17, 15) is 9.59 Å². The summed E-state index contributed by atoms with van der Waals surface area (Å²) < 4.78 is 0. The lowest BCUT2D eigenvalue weighted by molar-refractivity contribution is -0.120. The van der Waals surface area contributed by atoms with Gasteiger partial charge in [-0.15, -0.1) is 0 Å². The Labute approximate surface area is 166 Å². The summed E-state index contributed by atoms with van der Waals surface area (Å²) >= 11 is 0. The lowest BCUT2D eigenvalue weighted by atomic mass is 9.92. The molecule has 3 N–H and O–H groups in total. The maximum atomic E-state index is 12.9. The van der Waals surface area contributed by atoms with Crippen LogP contribution in [0.5, 0.6) is 0 Å². The Morgan fingerprint density at radius 1 is 1.11 bits per heavy atom. The van der Waals surface area contributed by atoms with Gasteiger partial charge in [0.15, 0.2) is 0 Å². The van der Waals surface area contributed by atoms with E-state index >= 15 is 0 Å². The average molecular weight is 383 g/mol. The summed E-state index contributed by atoms with van der Waals surface area (Å²) in [5, 5.41) is 11.8. The number of benzene rings is 2. The van der Waals surface area contributed by atoms with Crippen molar-refractivity contribution in [3.05, 3.63) is 59.7 Å². The van der Waals surface area contributed by atoms with Gasteiger partial charge in [-0.1, -0.05) is 38.0 Å². The molecule has 1 unspecified atom stereocenters. The van der Waals surface area contributed by atoms with Gasteiger partial charge < -0.3 is 10.2 Å². The Kier molecular flexibility index (Phi) is 8.02. The van der Waals surface area contributed by atoms with Crippen LogP contribution in [0.25, 0.3) is 0 Å². The molecule has 0 aliphatic rings. The highest BCUT2D eigenvalue weighted by Gasteiger charge is 2.19. The van der Waals surface area contributed by atoms with Crippen LogP contribution < -0.4 is 15.7 Å². The van der Waals surface area contributed by atoms with Gasteiger partial charge in [-0.3, -0.25) is 14.8 Å². The monoisotopic (exact) mass is 383 g/mol. The van der Waals surface area contributed by atoms with E-state index in [4.69, 9.17) is 5.21 Å². The Balaban J connectivity index is 2.10. The van der Waals surface area contributed by atoms with Gasteiger partial charge in [0, 0.05) is 37.0 Å². The number of rotatable bonds is 9. The molecule has 0 aliphatic heterocycles. The minimum Gasteiger partial charge on any atom is -0.378 e. The zero-order valence-corrected chi connectivity index (χ0v) is 16.7. The molecule has 2 rings (SSSR count). The first kappa shape index (κ1) is 21.4. The molecule has 28 heavy (non-hydrogen) atoms. The molecule has 1 atom stereocenters. The van der Waals surface area contributed by atoms with E-state index in [1.165, 1.54) is 0 Å². The SMILES string of the molecule is CCCCC(Cc1ccc(C(=O)NO)cc1)C(=O)Nc1cccc(N(C)C)c1. The Morgan fingerprint density at radius 2 is 1.82 bits per heavy atom. The van der Waals surface area contributed by atoms with Crippen molar-refractivity contribution in [2.24, 2.45) is 5.92 Å². The van der Waals surface area contributed by atoms with Crippen LogP contribution >= 0.6 is 0 Å². The first-order chi connectivity index (χ1) is 13.4. The zero-order chi connectivity index (χ0) is 20.5. The second kappa shape index (κ2) is 10.5. The van der Waals surface area contributed by atoms with Crippen LogP contribution in [0.15, 0.2) is 48.5 Å². The molecule has 0 saturated carbocycles. The lowest BCUT2D eigenvalue weighted by Gasteiger charge is -2.18. The molecule has 0 fully saturated rings. The van der Waals surface area contributed by atoms with E-state index < -0.39 is 5.91 Å². The number of hydrogen-bond acceptors (Lipinski definition) is 4. The number of hydroxylamine groups is 1. The van der Waals surface area contributed by atoms with Crippen LogP contribution in [-0.2, 0) is 11.2 Å². The maximum absolute atomic E-state index is 12.9. The van der Waals surface area contributed by atoms with Crippen LogP contribution in [0.4, 0.5) is 11.4 Å². The predicted molar refractivity (Wildman–Crippen MR) is 112 cm³/mol. The van der Waals surface area contributed by atoms with Crippen LogP contribution in [-0.4, -0.2) is 31.1 Å². The molecule has 0 saturated heterocycles. The fraction of sp³-hybridized carbons (Fsp3) is 0.364. The summed E-state index contributed by atoms with van der Waals surface area (Å²) in [6.07, 6.45) is 3.39. The van der Waals surface area contributed by atoms with Crippen molar-refractivity contribution in [1.82, 2.24) is 5.48 Å². The molecule has 6 heteroatoms. The third kappa shape index (κ3) is 6.09. The predicted octanol–water partition coefficient (Wildman–Crippen LogP) is 3.86. The van der Waals surface area contributed by atoms with Gasteiger partial charge in [0.25, 0.3) is 5.91 Å². The summed E-state index contributed by atoms with van der Waals surface area (Å²) in [4.78, 5) is 26.3. The number of carbonyl (C=O) groups excluding carboxylic acids is 2. The molecule has 2 amide bonds. The van der Waals surface area contributed by atoms with Gasteiger partial charge >= 0.3 is 0 Å². The number of nitrogens with one attached hydrogen (secondary N) is 2. The van der Waals surface area contributed by atoms with E-state index in [0.29, 0.717) is 12.0 Å². The molecule has 150 valence electrons. The second-order valence-electron chi connectivity index (χ2n) is 7.12. The summed E-state index contributed by atoms with van der Waals surface area (Å²) in [7, 11) is 3.93. The number of anilines is 2. The third-order valence-corrected chi connectivity index (χ3v) is 4.71. The van der Waals surface area contributed by atoms with Gasteiger partial charge in [-0.05, 0) is 48.7 Å². The second-order valence-corrected chi connectivity index (χ2v) is 7.12. The molecule has 0 heterocycles. The number of nitrogens with zero attached hydrogens (tertiary/aromatic N) is 1. The van der Waals surface area contributed by atoms with Crippen molar-refractivity contribution in [2.75, 3.05) is 24.3 Å². The van der Waals surface area contributed by atoms with Gasteiger partial charge in [0.05, 0.1) is 0 Å². The molecule has 2 aromatic carbocycles. The summed E-state index contributed by atoms with van der Waals surface area (Å²) in [6.45, 7) is 2.11. The standard InChI is InChI=1S/C22H29N3O3/c1-4-5-7-18(14-16-10-12-17(13-11-16)22(27)24-28)21(26)23-19-8-6-9-20(15-19)25(2)3/h6,8-13,15,18,28H,4-5,7,14H2,1-3H3,(H,23,26)(H,24,27). The van der Waals surface area contributed by atoms with Crippen molar-refractivity contribution in [2.45, 2.75) is 32.6 Å². The Hall–Kier alpha value is -2.86. The number of unbranched alkanes of at least 4 members (excludes halogenated alkanes) is 1. The van der Waals surface area contributed by atoms with E-state index in [-0.39, 0.29) is 11.8 Å². The normalized spacial score (nSPS) is 11.6. The Bertz CT molecular complexity index is 788. The van der Waals surface area contributed by atoms with Crippen molar-refractivity contribution in [3.63, 3.8) is 0 Å². The molecule has 0 spiro atoms. The number of hydrogen-bond donors (Lipinski definition) is 3. The molecular formula is C22H29N3O3. The number of carbonyl (C=O) groups is 2. The summed E-state index contributed by atoms with van der Waals surface area (Å²) in [6, 6.07) is 14.7. The van der Waals surface area contributed by atoms with Crippen LogP contribution in [0.2, 0.25) is 0 Å². The highest BCUT2D eigenvalue weighted by Crippen LogP contribution is 2.21. The first-order valence-corrected chi connectivity index (χ1v) is 9.56. The summed E-state index contributed by atoms with van der Waals surface area (Å²) in [5.41, 5.74) is 4.79. The first-order valence-electron chi connectivity index (χ1n) is 9.56. The average Bonchev–Trinajstić information content (AvgIpc) is 2.71. The van der Waals surface area contributed by atoms with Gasteiger partial charge in [0.2, 0.25) is 5.91 Å². The molecule has 0 aliphatic carbocycles. The molecule has 6 nitrogen and oxygen atoms in total. The molecular weight excluding hydrogens is 354 g/mol. The summed E-state index contributed by atoms with van der Waals surface area (Å²) in [5.74, 6) is -0.699. The quantitative estimate of drug-likeness (QED) is 0.454. The van der Waals surface area contributed by atoms with Gasteiger partial charge in [0.1, 0.15) is 0 Å². The van der Waals surface area contributed by atoms with E-state index in [1.807, 2.05) is 55.4 Å². The van der Waals surface area contributed by atoms with Crippen LogP contribution in [0.3, 0.4) is 0 Å². The fourth-order valence-electron chi connectivity index (χ4n) is 3.02. The van der Waals surface area contributed by atoms with E-state index in [2.05, 4.69) is 12.2 Å². The minimum absolute atomic E-state index is 0.00142. The van der Waals surface area contributed by atoms with Crippen LogP contribution in [0.1, 0.15) is 42.1 Å². The van der Waals surface area contributed by atoms with Gasteiger partial charge in [-0.25, -0.2) is 5.48 Å². The van der Waals surface area contributed by atoms with Crippen molar-refractivity contribution >= 4 is 23.2 Å². The smallest absolute Gasteiger partial charge is 0.274 e. The van der Waals surface area contributed by atoms with Crippen molar-refractivity contribution < 1.29 is 14.8 Å². The molecule has 0 aromatic heterocycles. The maximum Gasteiger partial charge on any atom is 0.274 e. The van der Waals surface area contributed by atoms with Gasteiger partial charge in [-0.2, -0.15) is 0 Å². The molecule has 0 radical (unpaired) electrons. The van der Waals surface area contributed by atoms with E-state index in [0.717, 1.165) is 36.2 Å². The lowest BCUT2D eigenvalue weighted by Crippen LogP contribution is -2.25. The fourth-order valence-corrected chi connectivity index (χ4v) is 3.02. The highest BCUT2D eigenvalue weighted by molar-refractivity contribution is 5.94. The highest BCUT2D eigenvalue weighted by atomic mass is 16.5. The van der Waals surface area contributed by atoms with Crippen molar-refractivity contribution in [3.8, 4) is 0 Å². The number of amides is 2. The van der Waals surface area contributed by atoms with E-state index in [1.54, 1.807) is 17.6 Å². The van der Waals surface area contributed by atoms with Crippen LogP contribution in [0, 0.1) is 5.92 Å². The third-order valence-electron chi connectivity index (χ3n) is 4.71. The largest absolute Gasteiger partial charge is 0.378 e. The Morgan fingerprint density at radius 3 is 2.43 bits per heavy atom. The minimum atomic E-state index is -0.549. The molecule has 2 aromatic rings.